The number of carbonyl (C=O) groups is 3. The van der Waals surface area contributed by atoms with Crippen LogP contribution in [-0.4, -0.2) is 30.4 Å². The van der Waals surface area contributed by atoms with Crippen molar-refractivity contribution in [3.8, 4) is 5.75 Å². The van der Waals surface area contributed by atoms with Gasteiger partial charge in [0.1, 0.15) is 5.75 Å². The molecule has 31 heavy (non-hydrogen) atoms. The van der Waals surface area contributed by atoms with Crippen molar-refractivity contribution < 1.29 is 23.9 Å². The second-order valence-corrected chi connectivity index (χ2v) is 7.66. The Balaban J connectivity index is 1.49. The highest BCUT2D eigenvalue weighted by Gasteiger charge is 2.20. The number of hydrogen-bond acceptors (Lipinski definition) is 5. The van der Waals surface area contributed by atoms with Crippen LogP contribution < -0.4 is 10.1 Å². The number of nitrogens with one attached hydrogen (secondary N) is 1. The summed E-state index contributed by atoms with van der Waals surface area (Å²) in [6.45, 7) is 3.83. The molecule has 0 fully saturated rings. The molecule has 0 radical (unpaired) electrons. The number of Topliss-reactive ketones (excluding diaryl/α,β-unsaturated/α-hetero) is 1. The molecule has 6 heteroatoms. The van der Waals surface area contributed by atoms with E-state index in [2.05, 4.69) is 5.32 Å². The number of hydrogen-bond donors (Lipinski definition) is 1. The number of amides is 1. The van der Waals surface area contributed by atoms with Crippen LogP contribution in [0.2, 0.25) is 0 Å². The number of ether oxygens (including phenoxy) is 2. The van der Waals surface area contributed by atoms with Gasteiger partial charge in [-0.2, -0.15) is 0 Å². The maximum Gasteiger partial charge on any atom is 0.307 e. The van der Waals surface area contributed by atoms with Gasteiger partial charge in [-0.3, -0.25) is 14.4 Å². The summed E-state index contributed by atoms with van der Waals surface area (Å²) in [6, 6.07) is 12.9. The fourth-order valence-electron chi connectivity index (χ4n) is 3.66. The first-order valence-electron chi connectivity index (χ1n) is 10.8. The van der Waals surface area contributed by atoms with Crippen molar-refractivity contribution in [2.24, 2.45) is 0 Å². The lowest BCUT2D eigenvalue weighted by Crippen LogP contribution is -2.30. The highest BCUT2D eigenvalue weighted by atomic mass is 16.5. The lowest BCUT2D eigenvalue weighted by atomic mass is 9.89. The fraction of sp³-hybridized carbons (Fsp3) is 0.400. The minimum Gasteiger partial charge on any atom is -0.492 e. The highest BCUT2D eigenvalue weighted by Crippen LogP contribution is 2.24. The van der Waals surface area contributed by atoms with Crippen LogP contribution in [0.5, 0.6) is 5.75 Å². The third kappa shape index (κ3) is 6.17. The van der Waals surface area contributed by atoms with Gasteiger partial charge in [0.15, 0.2) is 11.9 Å². The molecule has 3 rings (SSSR count). The molecule has 0 heterocycles. The Morgan fingerprint density at radius 1 is 1.00 bits per heavy atom. The Bertz CT molecular complexity index is 953. The zero-order chi connectivity index (χ0) is 22.2. The molecule has 1 amide bonds. The first-order chi connectivity index (χ1) is 15.0. The Labute approximate surface area is 182 Å². The van der Waals surface area contributed by atoms with E-state index in [-0.39, 0.29) is 18.6 Å². The van der Waals surface area contributed by atoms with Crippen LogP contribution in [0.15, 0.2) is 42.5 Å². The predicted octanol–water partition coefficient (Wildman–Crippen LogP) is 4.50. The Morgan fingerprint density at radius 3 is 2.52 bits per heavy atom. The zero-order valence-corrected chi connectivity index (χ0v) is 18.1. The molecule has 6 nitrogen and oxygen atoms in total. The van der Waals surface area contributed by atoms with Crippen molar-refractivity contribution in [1.82, 2.24) is 0 Å². The van der Waals surface area contributed by atoms with Gasteiger partial charge in [-0.25, -0.2) is 0 Å². The van der Waals surface area contributed by atoms with E-state index in [1.54, 1.807) is 18.2 Å². The van der Waals surface area contributed by atoms with Crippen LogP contribution in [0.25, 0.3) is 0 Å². The van der Waals surface area contributed by atoms with Crippen LogP contribution >= 0.6 is 0 Å². The molecular weight excluding hydrogens is 394 g/mol. The molecule has 0 aromatic heterocycles. The van der Waals surface area contributed by atoms with Crippen LogP contribution in [0.4, 0.5) is 5.69 Å². The molecule has 1 N–H and O–H groups in total. The smallest absolute Gasteiger partial charge is 0.307 e. The molecule has 164 valence electrons. The normalized spacial score (nSPS) is 13.6. The topological polar surface area (TPSA) is 81.7 Å². The number of ketones is 1. The molecule has 0 aliphatic heterocycles. The number of anilines is 1. The second-order valence-electron chi connectivity index (χ2n) is 7.66. The average molecular weight is 424 g/mol. The summed E-state index contributed by atoms with van der Waals surface area (Å²) >= 11 is 0. The van der Waals surface area contributed by atoms with Gasteiger partial charge in [-0.15, -0.1) is 0 Å². The largest absolute Gasteiger partial charge is 0.492 e. The summed E-state index contributed by atoms with van der Waals surface area (Å²) in [5, 5.41) is 2.71. The fourth-order valence-corrected chi connectivity index (χ4v) is 3.66. The van der Waals surface area contributed by atoms with E-state index >= 15 is 0 Å². The van der Waals surface area contributed by atoms with Gasteiger partial charge in [0.25, 0.3) is 5.91 Å². The van der Waals surface area contributed by atoms with Crippen LogP contribution in [0, 0.1) is 0 Å². The van der Waals surface area contributed by atoms with E-state index < -0.39 is 18.0 Å². The zero-order valence-electron chi connectivity index (χ0n) is 18.1. The Kier molecular flexibility index (Phi) is 7.82. The summed E-state index contributed by atoms with van der Waals surface area (Å²) in [4.78, 5) is 37.1. The van der Waals surface area contributed by atoms with Gasteiger partial charge < -0.3 is 14.8 Å². The van der Waals surface area contributed by atoms with E-state index in [4.69, 9.17) is 9.47 Å². The number of rotatable bonds is 9. The highest BCUT2D eigenvalue weighted by molar-refractivity contribution is 5.98. The molecule has 1 aliphatic carbocycles. The van der Waals surface area contributed by atoms with Gasteiger partial charge in [-0.05, 0) is 68.9 Å². The molecule has 0 saturated heterocycles. The number of carbonyl (C=O) groups excluding carboxylic acids is 3. The molecule has 0 spiro atoms. The molecule has 2 aromatic carbocycles. The summed E-state index contributed by atoms with van der Waals surface area (Å²) in [5.74, 6) is -0.575. The van der Waals surface area contributed by atoms with Gasteiger partial charge in [0, 0.05) is 12.0 Å². The maximum atomic E-state index is 12.5. The van der Waals surface area contributed by atoms with Crippen molar-refractivity contribution in [3.05, 3.63) is 59.2 Å². The summed E-state index contributed by atoms with van der Waals surface area (Å²) < 4.78 is 10.7. The summed E-state index contributed by atoms with van der Waals surface area (Å²) in [5.41, 5.74) is 3.69. The standard InChI is InChI=1S/C25H29NO5/c1-3-30-23-11-7-6-10-21(23)26-25(29)17(2)31-24(28)15-14-22(27)20-13-12-18-8-4-5-9-19(18)16-20/h6-7,10-13,16-17H,3-5,8-9,14-15H2,1-2H3,(H,26,29). The number of esters is 1. The van der Waals surface area contributed by atoms with E-state index in [1.807, 2.05) is 31.2 Å². The quantitative estimate of drug-likeness (QED) is 0.474. The molecule has 1 atom stereocenters. The lowest BCUT2D eigenvalue weighted by Gasteiger charge is -2.16. The SMILES string of the molecule is CCOc1ccccc1NC(=O)C(C)OC(=O)CCC(=O)c1ccc2c(c1)CCCC2. The summed E-state index contributed by atoms with van der Waals surface area (Å²) in [6.07, 6.45) is 3.40. The molecular formula is C25H29NO5. The number of para-hydroxylation sites is 2. The lowest BCUT2D eigenvalue weighted by molar-refractivity contribution is -0.153. The predicted molar refractivity (Wildman–Crippen MR) is 118 cm³/mol. The van der Waals surface area contributed by atoms with Crippen molar-refractivity contribution in [2.45, 2.75) is 58.5 Å². The van der Waals surface area contributed by atoms with Crippen LogP contribution in [-0.2, 0) is 27.2 Å². The van der Waals surface area contributed by atoms with Crippen LogP contribution in [0.1, 0.15) is 61.0 Å². The molecule has 0 bridgehead atoms. The molecule has 1 aliphatic rings. The maximum absolute atomic E-state index is 12.5. The molecule has 2 aromatic rings. The summed E-state index contributed by atoms with van der Waals surface area (Å²) in [7, 11) is 0. The van der Waals surface area contributed by atoms with Crippen molar-refractivity contribution >= 4 is 23.3 Å². The Morgan fingerprint density at radius 2 is 1.74 bits per heavy atom. The van der Waals surface area contributed by atoms with Crippen LogP contribution in [0.3, 0.4) is 0 Å². The third-order valence-corrected chi connectivity index (χ3v) is 5.35. The number of fused-ring (bicyclic) bond motifs is 1. The molecule has 1 unspecified atom stereocenters. The molecule has 0 saturated carbocycles. The first kappa shape index (κ1) is 22.5. The van der Waals surface area contributed by atoms with Gasteiger partial charge >= 0.3 is 5.97 Å². The monoisotopic (exact) mass is 423 g/mol. The second kappa shape index (κ2) is 10.8. The third-order valence-electron chi connectivity index (χ3n) is 5.35. The minimum atomic E-state index is -0.985. The van der Waals surface area contributed by atoms with Crippen molar-refractivity contribution in [1.29, 1.82) is 0 Å². The van der Waals surface area contributed by atoms with Gasteiger partial charge in [0.05, 0.1) is 18.7 Å². The van der Waals surface area contributed by atoms with E-state index in [9.17, 15) is 14.4 Å². The Hall–Kier alpha value is -3.15. The van der Waals surface area contributed by atoms with Gasteiger partial charge in [0.2, 0.25) is 0 Å². The van der Waals surface area contributed by atoms with E-state index in [1.165, 1.54) is 24.5 Å². The first-order valence-corrected chi connectivity index (χ1v) is 10.8. The van der Waals surface area contributed by atoms with Crippen molar-refractivity contribution in [3.63, 3.8) is 0 Å². The average Bonchev–Trinajstić information content (AvgIpc) is 2.78. The van der Waals surface area contributed by atoms with Gasteiger partial charge in [-0.1, -0.05) is 24.3 Å². The van der Waals surface area contributed by atoms with Crippen molar-refractivity contribution in [2.75, 3.05) is 11.9 Å². The number of benzene rings is 2. The van der Waals surface area contributed by atoms with E-state index in [0.717, 1.165) is 19.3 Å². The van der Waals surface area contributed by atoms with E-state index in [0.29, 0.717) is 23.6 Å². The number of aryl methyl sites for hydroxylation is 2. The minimum absolute atomic E-state index is 0.0547.